The van der Waals surface area contributed by atoms with E-state index >= 15 is 0 Å². The molecular weight excluding hydrogens is 410 g/mol. The maximum absolute atomic E-state index is 12.5. The molecule has 0 atom stereocenters. The molecule has 7 heteroatoms. The molecule has 0 aliphatic rings. The lowest BCUT2D eigenvalue weighted by Crippen LogP contribution is -2.24. The molecule has 0 fully saturated rings. The number of aryl methyl sites for hydroxylation is 1. The van der Waals surface area contributed by atoms with E-state index in [0.29, 0.717) is 30.1 Å². The van der Waals surface area contributed by atoms with Gasteiger partial charge in [-0.1, -0.05) is 42.0 Å². The average Bonchev–Trinajstić information content (AvgIpc) is 3.49. The molecule has 2 aromatic carbocycles. The fraction of sp³-hybridized carbons (Fsp3) is 0.125. The number of hydrogen-bond donors (Lipinski definition) is 2. The van der Waals surface area contributed by atoms with Gasteiger partial charge in [-0.05, 0) is 36.8 Å². The van der Waals surface area contributed by atoms with E-state index in [4.69, 9.17) is 4.42 Å². The number of furan rings is 1. The van der Waals surface area contributed by atoms with Crippen LogP contribution >= 0.6 is 11.3 Å². The Morgan fingerprint density at radius 3 is 2.55 bits per heavy atom. The Labute approximate surface area is 184 Å². The van der Waals surface area contributed by atoms with Crippen molar-refractivity contribution in [1.29, 1.82) is 0 Å². The van der Waals surface area contributed by atoms with E-state index in [1.54, 1.807) is 42.0 Å². The van der Waals surface area contributed by atoms with Crippen LogP contribution in [-0.4, -0.2) is 16.8 Å². The van der Waals surface area contributed by atoms with E-state index in [2.05, 4.69) is 15.6 Å². The molecule has 0 unspecified atom stereocenters. The maximum atomic E-state index is 12.5. The molecule has 0 saturated heterocycles. The number of nitrogens with one attached hydrogen (secondary N) is 2. The summed E-state index contributed by atoms with van der Waals surface area (Å²) >= 11 is 1.44. The van der Waals surface area contributed by atoms with E-state index in [1.165, 1.54) is 16.9 Å². The van der Waals surface area contributed by atoms with Crippen LogP contribution in [0.15, 0.2) is 76.7 Å². The second-order valence-electron chi connectivity index (χ2n) is 7.05. The summed E-state index contributed by atoms with van der Waals surface area (Å²) in [4.78, 5) is 29.3. The Morgan fingerprint density at radius 1 is 0.968 bits per heavy atom. The van der Waals surface area contributed by atoms with Gasteiger partial charge in [0.05, 0.1) is 12.8 Å². The van der Waals surface area contributed by atoms with Crippen LogP contribution < -0.4 is 10.6 Å². The second kappa shape index (κ2) is 9.40. The largest absolute Gasteiger partial charge is 0.467 e. The number of carbonyl (C=O) groups is 2. The first-order valence-electron chi connectivity index (χ1n) is 9.79. The lowest BCUT2D eigenvalue weighted by molar-refractivity contribution is 0.0941. The summed E-state index contributed by atoms with van der Waals surface area (Å²) in [5.41, 5.74) is 3.90. The van der Waals surface area contributed by atoms with Gasteiger partial charge in [-0.15, -0.1) is 11.3 Å². The number of hydrogen-bond acceptors (Lipinski definition) is 5. The van der Waals surface area contributed by atoms with Crippen molar-refractivity contribution in [3.63, 3.8) is 0 Å². The zero-order valence-corrected chi connectivity index (χ0v) is 17.7. The third kappa shape index (κ3) is 5.26. The molecule has 2 N–H and O–H groups in total. The minimum atomic E-state index is -0.248. The van der Waals surface area contributed by atoms with Gasteiger partial charge in [0.1, 0.15) is 16.5 Å². The van der Waals surface area contributed by atoms with Crippen molar-refractivity contribution in [3.8, 4) is 10.6 Å². The van der Waals surface area contributed by atoms with Crippen LogP contribution in [0.1, 0.15) is 37.7 Å². The van der Waals surface area contributed by atoms with Crippen LogP contribution in [-0.2, 0) is 13.1 Å². The summed E-state index contributed by atoms with van der Waals surface area (Å²) in [5, 5.41) is 8.24. The average molecular weight is 432 g/mol. The van der Waals surface area contributed by atoms with Crippen molar-refractivity contribution in [3.05, 3.63) is 100 Å². The maximum Gasteiger partial charge on any atom is 0.271 e. The van der Waals surface area contributed by atoms with Gasteiger partial charge < -0.3 is 15.1 Å². The number of amides is 2. The van der Waals surface area contributed by atoms with Crippen molar-refractivity contribution >= 4 is 23.2 Å². The van der Waals surface area contributed by atoms with E-state index in [9.17, 15) is 9.59 Å². The van der Waals surface area contributed by atoms with Gasteiger partial charge >= 0.3 is 0 Å². The summed E-state index contributed by atoms with van der Waals surface area (Å²) < 4.78 is 5.22. The summed E-state index contributed by atoms with van der Waals surface area (Å²) in [6, 6.07) is 18.8. The van der Waals surface area contributed by atoms with Crippen LogP contribution in [0.2, 0.25) is 0 Å². The summed E-state index contributed by atoms with van der Waals surface area (Å²) in [7, 11) is 0. The molecular formula is C24H21N3O3S. The Kier molecular flexibility index (Phi) is 6.24. The number of aromatic nitrogens is 1. The highest BCUT2D eigenvalue weighted by Gasteiger charge is 2.12. The predicted octanol–water partition coefficient (Wildman–Crippen LogP) is 4.57. The third-order valence-corrected chi connectivity index (χ3v) is 5.57. The quantitative estimate of drug-likeness (QED) is 0.449. The number of nitrogens with zero attached hydrogens (tertiary/aromatic N) is 1. The number of thiazole rings is 1. The van der Waals surface area contributed by atoms with Crippen molar-refractivity contribution < 1.29 is 14.0 Å². The smallest absolute Gasteiger partial charge is 0.271 e. The summed E-state index contributed by atoms with van der Waals surface area (Å²) in [6.07, 6.45) is 1.57. The molecule has 2 heterocycles. The topological polar surface area (TPSA) is 84.2 Å². The SMILES string of the molecule is Cc1ccc(-c2nc(C(=O)NCc3cccc(C(=O)NCc4ccco4)c3)cs2)cc1. The van der Waals surface area contributed by atoms with Gasteiger partial charge in [-0.2, -0.15) is 0 Å². The number of benzene rings is 2. The van der Waals surface area contributed by atoms with Gasteiger partial charge in [0.25, 0.3) is 11.8 Å². The van der Waals surface area contributed by atoms with E-state index < -0.39 is 0 Å². The van der Waals surface area contributed by atoms with Gasteiger partial charge in [0.2, 0.25) is 0 Å². The van der Waals surface area contributed by atoms with Crippen LogP contribution in [0.4, 0.5) is 0 Å². The van der Waals surface area contributed by atoms with Crippen molar-refractivity contribution in [2.75, 3.05) is 0 Å². The first-order valence-corrected chi connectivity index (χ1v) is 10.7. The molecule has 0 radical (unpaired) electrons. The molecule has 0 bridgehead atoms. The second-order valence-corrected chi connectivity index (χ2v) is 7.91. The summed E-state index contributed by atoms with van der Waals surface area (Å²) in [5.74, 6) is 0.235. The zero-order chi connectivity index (χ0) is 21.6. The molecule has 31 heavy (non-hydrogen) atoms. The van der Waals surface area contributed by atoms with Gasteiger partial charge in [-0.25, -0.2) is 4.98 Å². The van der Waals surface area contributed by atoms with E-state index in [-0.39, 0.29) is 11.8 Å². The Balaban J connectivity index is 1.34. The normalized spacial score (nSPS) is 10.6. The Hall–Kier alpha value is -3.71. The first kappa shape index (κ1) is 20.6. The van der Waals surface area contributed by atoms with Gasteiger partial charge in [0.15, 0.2) is 0 Å². The van der Waals surface area contributed by atoms with E-state index in [1.807, 2.05) is 37.3 Å². The molecule has 156 valence electrons. The highest BCUT2D eigenvalue weighted by Crippen LogP contribution is 2.24. The fourth-order valence-electron chi connectivity index (χ4n) is 2.98. The molecule has 0 spiro atoms. The van der Waals surface area contributed by atoms with Gasteiger partial charge in [0, 0.05) is 23.1 Å². The molecule has 2 amide bonds. The number of rotatable bonds is 7. The molecule has 0 aliphatic carbocycles. The zero-order valence-electron chi connectivity index (χ0n) is 16.9. The molecule has 6 nitrogen and oxygen atoms in total. The van der Waals surface area contributed by atoms with Crippen LogP contribution in [0.25, 0.3) is 10.6 Å². The van der Waals surface area contributed by atoms with E-state index in [0.717, 1.165) is 16.1 Å². The van der Waals surface area contributed by atoms with Crippen molar-refractivity contribution in [2.24, 2.45) is 0 Å². The Bertz CT molecular complexity index is 1180. The molecule has 4 aromatic rings. The summed E-state index contributed by atoms with van der Waals surface area (Å²) in [6.45, 7) is 2.65. The van der Waals surface area contributed by atoms with Crippen LogP contribution in [0.3, 0.4) is 0 Å². The predicted molar refractivity (Wildman–Crippen MR) is 120 cm³/mol. The first-order chi connectivity index (χ1) is 15.1. The minimum absolute atomic E-state index is 0.202. The third-order valence-electron chi connectivity index (χ3n) is 4.68. The van der Waals surface area contributed by atoms with Crippen LogP contribution in [0, 0.1) is 6.92 Å². The highest BCUT2D eigenvalue weighted by atomic mass is 32.1. The molecule has 0 aliphatic heterocycles. The Morgan fingerprint density at radius 2 is 1.77 bits per heavy atom. The van der Waals surface area contributed by atoms with Crippen LogP contribution in [0.5, 0.6) is 0 Å². The lowest BCUT2D eigenvalue weighted by Gasteiger charge is -2.07. The fourth-order valence-corrected chi connectivity index (χ4v) is 3.79. The highest BCUT2D eigenvalue weighted by molar-refractivity contribution is 7.13. The van der Waals surface area contributed by atoms with Gasteiger partial charge in [-0.3, -0.25) is 9.59 Å². The monoisotopic (exact) mass is 431 g/mol. The minimum Gasteiger partial charge on any atom is -0.467 e. The molecule has 4 rings (SSSR count). The van der Waals surface area contributed by atoms with Crippen molar-refractivity contribution in [1.82, 2.24) is 15.6 Å². The molecule has 2 aromatic heterocycles. The standard InChI is InChI=1S/C24H21N3O3S/c1-16-7-9-18(10-8-16)24-27-21(15-31-24)23(29)25-13-17-4-2-5-19(12-17)22(28)26-14-20-6-3-11-30-20/h2-12,15H,13-14H2,1H3,(H,25,29)(H,26,28). The molecule has 0 saturated carbocycles. The van der Waals surface area contributed by atoms with Crippen molar-refractivity contribution in [2.45, 2.75) is 20.0 Å². The number of carbonyl (C=O) groups excluding carboxylic acids is 2. The lowest BCUT2D eigenvalue weighted by atomic mass is 10.1.